The Morgan fingerprint density at radius 1 is 1.04 bits per heavy atom. The van der Waals surface area contributed by atoms with Crippen LogP contribution in [0.25, 0.3) is 0 Å². The zero-order chi connectivity index (χ0) is 17.2. The van der Waals surface area contributed by atoms with Gasteiger partial charge in [0.1, 0.15) is 0 Å². The number of rotatable bonds is 4. The number of aromatic nitrogens is 1. The largest absolute Gasteiger partial charge is 0.353 e. The van der Waals surface area contributed by atoms with Gasteiger partial charge in [-0.2, -0.15) is 0 Å². The normalized spacial score (nSPS) is 21.2. The van der Waals surface area contributed by atoms with Crippen molar-refractivity contribution in [2.24, 2.45) is 7.05 Å². The summed E-state index contributed by atoms with van der Waals surface area (Å²) < 4.78 is 2.24. The molecule has 1 amide bonds. The number of aryl methyl sites for hydroxylation is 1. The number of amides is 1. The first-order chi connectivity index (χ1) is 12.2. The zero-order valence-corrected chi connectivity index (χ0v) is 15.0. The summed E-state index contributed by atoms with van der Waals surface area (Å²) in [6.45, 7) is 3.91. The summed E-state index contributed by atoms with van der Waals surface area (Å²) in [4.78, 5) is 17.0. The van der Waals surface area contributed by atoms with E-state index in [1.807, 2.05) is 17.0 Å². The Morgan fingerprint density at radius 3 is 2.48 bits per heavy atom. The minimum absolute atomic E-state index is 0.187. The van der Waals surface area contributed by atoms with Crippen molar-refractivity contribution < 1.29 is 4.79 Å². The van der Waals surface area contributed by atoms with Crippen LogP contribution in [0.1, 0.15) is 53.3 Å². The molecule has 2 saturated heterocycles. The molecule has 0 saturated carbocycles. The standard InChI is InChI=1S/C21H27N3O/c1-22-12-4-6-19(22)20-7-5-15-24(20)16-17-8-10-18(11-9-17)21(25)23-13-2-3-14-23/h4,6,8-12,20H,2-3,5,7,13-16H2,1H3/t20-/m1/s1. The molecular formula is C21H27N3O. The Hall–Kier alpha value is -2.07. The fourth-order valence-corrected chi connectivity index (χ4v) is 4.26. The molecule has 1 atom stereocenters. The van der Waals surface area contributed by atoms with Crippen LogP contribution < -0.4 is 0 Å². The topological polar surface area (TPSA) is 28.5 Å². The molecule has 1 aromatic heterocycles. The Balaban J connectivity index is 1.44. The van der Waals surface area contributed by atoms with E-state index in [0.29, 0.717) is 6.04 Å². The molecule has 4 nitrogen and oxygen atoms in total. The number of nitrogens with zero attached hydrogens (tertiary/aromatic N) is 3. The fourth-order valence-electron chi connectivity index (χ4n) is 4.26. The third-order valence-electron chi connectivity index (χ3n) is 5.67. The predicted octanol–water partition coefficient (Wildman–Crippen LogP) is 3.60. The van der Waals surface area contributed by atoms with Crippen molar-refractivity contribution >= 4 is 5.91 Å². The molecule has 132 valence electrons. The summed E-state index contributed by atoms with van der Waals surface area (Å²) in [5.41, 5.74) is 3.52. The first-order valence-electron chi connectivity index (χ1n) is 9.46. The van der Waals surface area contributed by atoms with Crippen LogP contribution in [0.15, 0.2) is 42.6 Å². The molecule has 2 fully saturated rings. The van der Waals surface area contributed by atoms with Gasteiger partial charge in [0.2, 0.25) is 0 Å². The highest BCUT2D eigenvalue weighted by molar-refractivity contribution is 5.94. The van der Waals surface area contributed by atoms with Crippen molar-refractivity contribution in [3.8, 4) is 0 Å². The van der Waals surface area contributed by atoms with Crippen molar-refractivity contribution in [1.29, 1.82) is 0 Å². The average molecular weight is 337 g/mol. The van der Waals surface area contributed by atoms with Gasteiger partial charge in [-0.15, -0.1) is 0 Å². The smallest absolute Gasteiger partial charge is 0.253 e. The Kier molecular flexibility index (Phi) is 4.62. The summed E-state index contributed by atoms with van der Waals surface area (Å²) in [6.07, 6.45) is 6.88. The van der Waals surface area contributed by atoms with Gasteiger partial charge in [-0.1, -0.05) is 12.1 Å². The first kappa shape index (κ1) is 16.4. The lowest BCUT2D eigenvalue weighted by Gasteiger charge is -2.25. The highest BCUT2D eigenvalue weighted by atomic mass is 16.2. The quantitative estimate of drug-likeness (QED) is 0.853. The van der Waals surface area contributed by atoms with Crippen molar-refractivity contribution in [2.45, 2.75) is 38.3 Å². The lowest BCUT2D eigenvalue weighted by molar-refractivity contribution is 0.0793. The second-order valence-corrected chi connectivity index (χ2v) is 7.37. The second-order valence-electron chi connectivity index (χ2n) is 7.37. The molecule has 0 N–H and O–H groups in total. The van der Waals surface area contributed by atoms with E-state index < -0.39 is 0 Å². The van der Waals surface area contributed by atoms with Gasteiger partial charge in [-0.3, -0.25) is 9.69 Å². The lowest BCUT2D eigenvalue weighted by Crippen LogP contribution is -2.27. The monoisotopic (exact) mass is 337 g/mol. The molecule has 0 aliphatic carbocycles. The number of carbonyl (C=O) groups excluding carboxylic acids is 1. The second kappa shape index (κ2) is 7.04. The minimum Gasteiger partial charge on any atom is -0.353 e. The molecule has 0 spiro atoms. The molecule has 2 aliphatic heterocycles. The maximum Gasteiger partial charge on any atom is 0.253 e. The number of hydrogen-bond acceptors (Lipinski definition) is 2. The van der Waals surface area contributed by atoms with Crippen LogP contribution >= 0.6 is 0 Å². The van der Waals surface area contributed by atoms with E-state index in [9.17, 15) is 4.79 Å². The molecule has 0 radical (unpaired) electrons. The molecule has 25 heavy (non-hydrogen) atoms. The summed E-state index contributed by atoms with van der Waals surface area (Å²) in [7, 11) is 2.13. The van der Waals surface area contributed by atoms with Gasteiger partial charge in [0.15, 0.2) is 0 Å². The number of carbonyl (C=O) groups is 1. The Labute approximate surface area is 150 Å². The van der Waals surface area contributed by atoms with Crippen LogP contribution in [-0.4, -0.2) is 39.9 Å². The summed E-state index contributed by atoms with van der Waals surface area (Å²) in [5, 5.41) is 0. The predicted molar refractivity (Wildman–Crippen MR) is 99.4 cm³/mol. The third kappa shape index (κ3) is 3.36. The SMILES string of the molecule is Cn1cccc1[C@H]1CCCN1Cc1ccc(C(=O)N2CCCC2)cc1. The van der Waals surface area contributed by atoms with Crippen LogP contribution in [0.3, 0.4) is 0 Å². The molecule has 0 unspecified atom stereocenters. The van der Waals surface area contributed by atoms with Gasteiger partial charge in [0, 0.05) is 44.1 Å². The molecule has 4 rings (SSSR count). The van der Waals surface area contributed by atoms with Gasteiger partial charge < -0.3 is 9.47 Å². The molecular weight excluding hydrogens is 310 g/mol. The maximum atomic E-state index is 12.5. The average Bonchev–Trinajstić information content (AvgIpc) is 3.36. The van der Waals surface area contributed by atoms with Gasteiger partial charge in [0.05, 0.1) is 6.04 Å². The highest BCUT2D eigenvalue weighted by Gasteiger charge is 2.27. The molecule has 4 heteroatoms. The fraction of sp³-hybridized carbons (Fsp3) is 0.476. The van der Waals surface area contributed by atoms with E-state index in [0.717, 1.165) is 44.6 Å². The van der Waals surface area contributed by atoms with Crippen molar-refractivity contribution in [2.75, 3.05) is 19.6 Å². The molecule has 3 heterocycles. The van der Waals surface area contributed by atoms with Crippen LogP contribution in [0, 0.1) is 0 Å². The van der Waals surface area contributed by atoms with Gasteiger partial charge in [-0.05, 0) is 62.1 Å². The molecule has 2 aromatic rings. The number of likely N-dealkylation sites (tertiary alicyclic amines) is 2. The van der Waals surface area contributed by atoms with E-state index in [-0.39, 0.29) is 5.91 Å². The van der Waals surface area contributed by atoms with Gasteiger partial charge >= 0.3 is 0 Å². The highest BCUT2D eigenvalue weighted by Crippen LogP contribution is 2.33. The van der Waals surface area contributed by atoms with E-state index in [4.69, 9.17) is 0 Å². The number of hydrogen-bond donors (Lipinski definition) is 0. The molecule has 1 aromatic carbocycles. The summed E-state index contributed by atoms with van der Waals surface area (Å²) in [5.74, 6) is 0.187. The summed E-state index contributed by atoms with van der Waals surface area (Å²) >= 11 is 0. The van der Waals surface area contributed by atoms with Gasteiger partial charge in [-0.25, -0.2) is 0 Å². The Bertz CT molecular complexity index is 728. The number of benzene rings is 1. The van der Waals surface area contributed by atoms with E-state index in [1.165, 1.54) is 24.1 Å². The van der Waals surface area contributed by atoms with Gasteiger partial charge in [0.25, 0.3) is 5.91 Å². The Morgan fingerprint density at radius 2 is 1.80 bits per heavy atom. The van der Waals surface area contributed by atoms with Crippen LogP contribution in [0.5, 0.6) is 0 Å². The van der Waals surface area contributed by atoms with E-state index >= 15 is 0 Å². The van der Waals surface area contributed by atoms with Crippen LogP contribution in [0.4, 0.5) is 0 Å². The van der Waals surface area contributed by atoms with Crippen molar-refractivity contribution in [3.63, 3.8) is 0 Å². The summed E-state index contributed by atoms with van der Waals surface area (Å²) in [6, 6.07) is 13.1. The maximum absolute atomic E-state index is 12.5. The van der Waals surface area contributed by atoms with Crippen molar-refractivity contribution in [3.05, 3.63) is 59.4 Å². The van der Waals surface area contributed by atoms with E-state index in [1.54, 1.807) is 0 Å². The first-order valence-corrected chi connectivity index (χ1v) is 9.46. The molecule has 0 bridgehead atoms. The van der Waals surface area contributed by atoms with E-state index in [2.05, 4.69) is 47.0 Å². The van der Waals surface area contributed by atoms with Crippen LogP contribution in [-0.2, 0) is 13.6 Å². The molecule has 2 aliphatic rings. The zero-order valence-electron chi connectivity index (χ0n) is 15.0. The lowest BCUT2D eigenvalue weighted by atomic mass is 10.1. The van der Waals surface area contributed by atoms with Crippen molar-refractivity contribution in [1.82, 2.24) is 14.4 Å². The minimum atomic E-state index is 0.187. The van der Waals surface area contributed by atoms with Crippen LogP contribution in [0.2, 0.25) is 0 Å². The third-order valence-corrected chi connectivity index (χ3v) is 5.67.